The third-order valence-corrected chi connectivity index (χ3v) is 5.89. The Morgan fingerprint density at radius 2 is 2.32 bits per heavy atom. The number of rotatable bonds is 2. The van der Waals surface area contributed by atoms with Gasteiger partial charge in [0.1, 0.15) is 6.10 Å². The first kappa shape index (κ1) is 16.0. The summed E-state index contributed by atoms with van der Waals surface area (Å²) in [7, 11) is 2.11. The first-order chi connectivity index (χ1) is 10.5. The number of halogens is 1. The molecule has 1 aliphatic carbocycles. The van der Waals surface area contributed by atoms with Crippen LogP contribution < -0.4 is 0 Å². The van der Waals surface area contributed by atoms with E-state index in [1.807, 2.05) is 13.0 Å². The number of aliphatic hydroxyl groups is 1. The van der Waals surface area contributed by atoms with Gasteiger partial charge < -0.3 is 14.7 Å². The molecule has 3 atom stereocenters. The lowest BCUT2D eigenvalue weighted by molar-refractivity contribution is -0.115. The van der Waals surface area contributed by atoms with Gasteiger partial charge in [0.25, 0.3) is 0 Å². The minimum atomic E-state index is -0.488. The molecule has 1 unspecified atom stereocenters. The number of ether oxygens (including phenoxy) is 1. The van der Waals surface area contributed by atoms with Crippen LogP contribution in [0.1, 0.15) is 26.2 Å². The highest BCUT2D eigenvalue weighted by molar-refractivity contribution is 9.12. The Balaban J connectivity index is 2.07. The molecular formula is C17H22BrNO3. The zero-order chi connectivity index (χ0) is 15.9. The lowest BCUT2D eigenvalue weighted by Crippen LogP contribution is -2.38. The summed E-state index contributed by atoms with van der Waals surface area (Å²) < 4.78 is 6.61. The lowest BCUT2D eigenvalue weighted by atomic mass is 9.68. The summed E-state index contributed by atoms with van der Waals surface area (Å²) in [6.07, 6.45) is 7.39. The molecule has 4 nitrogen and oxygen atoms in total. The molecule has 0 radical (unpaired) electrons. The van der Waals surface area contributed by atoms with Gasteiger partial charge >= 0.3 is 0 Å². The van der Waals surface area contributed by atoms with Crippen molar-refractivity contribution in [3.63, 3.8) is 0 Å². The lowest BCUT2D eigenvalue weighted by Gasteiger charge is -2.36. The Morgan fingerprint density at radius 1 is 1.55 bits per heavy atom. The molecule has 3 rings (SSSR count). The van der Waals surface area contributed by atoms with E-state index in [4.69, 9.17) is 4.74 Å². The number of aliphatic hydroxyl groups excluding tert-OH is 1. The molecule has 1 N–H and O–H groups in total. The van der Waals surface area contributed by atoms with Gasteiger partial charge in [0.2, 0.25) is 5.78 Å². The van der Waals surface area contributed by atoms with Crippen LogP contribution in [0.5, 0.6) is 0 Å². The van der Waals surface area contributed by atoms with Crippen LogP contribution in [-0.2, 0) is 9.53 Å². The summed E-state index contributed by atoms with van der Waals surface area (Å²) in [6, 6.07) is 0. The van der Waals surface area contributed by atoms with Gasteiger partial charge in [0, 0.05) is 13.0 Å². The van der Waals surface area contributed by atoms with E-state index in [-0.39, 0.29) is 17.3 Å². The zero-order valence-electron chi connectivity index (χ0n) is 13.0. The summed E-state index contributed by atoms with van der Waals surface area (Å²) in [4.78, 5) is 14.9. The molecule has 0 saturated carbocycles. The molecule has 0 amide bonds. The van der Waals surface area contributed by atoms with E-state index in [0.29, 0.717) is 16.7 Å². The third kappa shape index (κ3) is 2.49. The van der Waals surface area contributed by atoms with Crippen molar-refractivity contribution in [2.24, 2.45) is 5.41 Å². The monoisotopic (exact) mass is 367 g/mol. The summed E-state index contributed by atoms with van der Waals surface area (Å²) in [5.41, 5.74) is 0.879. The Kier molecular flexibility index (Phi) is 4.32. The highest BCUT2D eigenvalue weighted by Crippen LogP contribution is 2.53. The number of hydrogen-bond donors (Lipinski definition) is 1. The van der Waals surface area contributed by atoms with Crippen LogP contribution in [0.25, 0.3) is 0 Å². The van der Waals surface area contributed by atoms with Crippen LogP contribution in [0.3, 0.4) is 0 Å². The molecule has 0 bridgehead atoms. The normalized spacial score (nSPS) is 35.7. The molecule has 2 heterocycles. The quantitative estimate of drug-likeness (QED) is 0.601. The van der Waals surface area contributed by atoms with Crippen LogP contribution >= 0.6 is 15.9 Å². The topological polar surface area (TPSA) is 49.8 Å². The molecule has 1 fully saturated rings. The van der Waals surface area contributed by atoms with Crippen molar-refractivity contribution in [3.8, 4) is 0 Å². The van der Waals surface area contributed by atoms with E-state index in [2.05, 4.69) is 34.0 Å². The van der Waals surface area contributed by atoms with Crippen LogP contribution in [0.15, 0.2) is 34.0 Å². The van der Waals surface area contributed by atoms with E-state index >= 15 is 0 Å². The highest BCUT2D eigenvalue weighted by Gasteiger charge is 2.52. The van der Waals surface area contributed by atoms with Crippen molar-refractivity contribution in [2.45, 2.75) is 38.4 Å². The fourth-order valence-electron chi connectivity index (χ4n) is 3.73. The molecule has 0 aromatic rings. The molecule has 2 aliphatic heterocycles. The molecule has 1 spiro atoms. The summed E-state index contributed by atoms with van der Waals surface area (Å²) in [5.74, 6) is 0.405. The van der Waals surface area contributed by atoms with Gasteiger partial charge in [-0.25, -0.2) is 0 Å². The van der Waals surface area contributed by atoms with Crippen molar-refractivity contribution >= 4 is 21.7 Å². The Bertz CT molecular complexity index is 580. The maximum absolute atomic E-state index is 12.6. The first-order valence-electron chi connectivity index (χ1n) is 7.80. The van der Waals surface area contributed by atoms with Crippen molar-refractivity contribution in [2.75, 3.05) is 20.1 Å². The van der Waals surface area contributed by atoms with E-state index in [1.165, 1.54) is 0 Å². The van der Waals surface area contributed by atoms with Crippen molar-refractivity contribution in [3.05, 3.63) is 34.0 Å². The van der Waals surface area contributed by atoms with Crippen molar-refractivity contribution in [1.29, 1.82) is 0 Å². The number of carbonyl (C=O) groups excluding carboxylic acids is 1. The van der Waals surface area contributed by atoms with Gasteiger partial charge in [-0.05, 0) is 54.9 Å². The number of carbonyl (C=O) groups is 1. The molecular weight excluding hydrogens is 346 g/mol. The second kappa shape index (κ2) is 5.95. The van der Waals surface area contributed by atoms with E-state index in [0.717, 1.165) is 31.5 Å². The second-order valence-corrected chi connectivity index (χ2v) is 7.24. The molecule has 0 aromatic heterocycles. The van der Waals surface area contributed by atoms with Crippen molar-refractivity contribution < 1.29 is 14.6 Å². The largest absolute Gasteiger partial charge is 0.485 e. The Labute approximate surface area is 139 Å². The predicted octanol–water partition coefficient (Wildman–Crippen LogP) is 2.54. The zero-order valence-corrected chi connectivity index (χ0v) is 14.6. The average Bonchev–Trinajstić information content (AvgIpc) is 2.73. The number of Topliss-reactive ketones (excluding diaryl/α,β-unsaturated/α-hetero) is 1. The number of nitrogens with zero attached hydrogens (tertiary/aromatic N) is 1. The Hall–Kier alpha value is -0.910. The average molecular weight is 368 g/mol. The van der Waals surface area contributed by atoms with Gasteiger partial charge in [0.15, 0.2) is 5.76 Å². The van der Waals surface area contributed by atoms with Gasteiger partial charge in [-0.3, -0.25) is 4.79 Å². The SMILES string of the molecule is CC=C(Br)C(=O)C1=C2CCN(C)CC[C@]23C=C[C@H](O)CC3O1. The summed E-state index contributed by atoms with van der Waals surface area (Å²) >= 11 is 3.33. The van der Waals surface area contributed by atoms with Crippen LogP contribution in [0, 0.1) is 5.41 Å². The second-order valence-electron chi connectivity index (χ2n) is 6.39. The highest BCUT2D eigenvalue weighted by atomic mass is 79.9. The molecule has 120 valence electrons. The predicted molar refractivity (Wildman–Crippen MR) is 88.5 cm³/mol. The maximum atomic E-state index is 12.6. The third-order valence-electron chi connectivity index (χ3n) is 5.07. The molecule has 5 heteroatoms. The number of ketones is 1. The fourth-order valence-corrected chi connectivity index (χ4v) is 3.91. The number of allylic oxidation sites excluding steroid dienone is 2. The molecule has 1 saturated heterocycles. The molecule has 22 heavy (non-hydrogen) atoms. The van der Waals surface area contributed by atoms with Crippen LogP contribution in [0.2, 0.25) is 0 Å². The Morgan fingerprint density at radius 3 is 3.05 bits per heavy atom. The first-order valence-corrected chi connectivity index (χ1v) is 8.60. The van der Waals surface area contributed by atoms with Crippen LogP contribution in [0.4, 0.5) is 0 Å². The minimum absolute atomic E-state index is 0.0845. The summed E-state index contributed by atoms with van der Waals surface area (Å²) in [6.45, 7) is 3.72. The van der Waals surface area contributed by atoms with E-state index in [1.54, 1.807) is 6.08 Å². The van der Waals surface area contributed by atoms with Crippen LogP contribution in [-0.4, -0.2) is 48.1 Å². The maximum Gasteiger partial charge on any atom is 0.234 e. The van der Waals surface area contributed by atoms with Gasteiger partial charge in [-0.15, -0.1) is 0 Å². The van der Waals surface area contributed by atoms with Gasteiger partial charge in [0.05, 0.1) is 16.0 Å². The summed E-state index contributed by atoms with van der Waals surface area (Å²) in [5, 5.41) is 9.94. The standard InChI is InChI=1S/C17H22BrNO3/c1-3-13(18)15(21)16-12-5-8-19(2)9-7-17(12)6-4-11(20)10-14(17)22-16/h3-4,6,11,14,20H,5,7-10H2,1-2H3/t11-,14?,17+/m0/s1. The smallest absolute Gasteiger partial charge is 0.234 e. The van der Waals surface area contributed by atoms with E-state index in [9.17, 15) is 9.90 Å². The number of hydrogen-bond acceptors (Lipinski definition) is 4. The minimum Gasteiger partial charge on any atom is -0.485 e. The van der Waals surface area contributed by atoms with Crippen molar-refractivity contribution in [1.82, 2.24) is 4.90 Å². The van der Waals surface area contributed by atoms with E-state index < -0.39 is 6.10 Å². The molecule has 3 aliphatic rings. The van der Waals surface area contributed by atoms with Gasteiger partial charge in [-0.1, -0.05) is 18.2 Å². The fraction of sp³-hybridized carbons (Fsp3) is 0.588. The number of likely N-dealkylation sites (tertiary alicyclic amines) is 1. The van der Waals surface area contributed by atoms with Gasteiger partial charge in [-0.2, -0.15) is 0 Å². The molecule has 0 aromatic carbocycles.